The molecule has 8 heteroatoms. The van der Waals surface area contributed by atoms with E-state index in [9.17, 15) is 8.42 Å². The molecular formula is C13H26N4O3S. The van der Waals surface area contributed by atoms with Crippen molar-refractivity contribution in [3.8, 4) is 0 Å². The van der Waals surface area contributed by atoms with E-state index in [1.54, 1.807) is 0 Å². The van der Waals surface area contributed by atoms with Crippen LogP contribution in [0.3, 0.4) is 0 Å². The van der Waals surface area contributed by atoms with Crippen LogP contribution in [0.2, 0.25) is 0 Å². The van der Waals surface area contributed by atoms with Gasteiger partial charge in [0.05, 0.1) is 12.8 Å². The Bertz CT molecular complexity index is 499. The van der Waals surface area contributed by atoms with Gasteiger partial charge in [-0.3, -0.25) is 5.10 Å². The van der Waals surface area contributed by atoms with Gasteiger partial charge in [-0.25, -0.2) is 13.1 Å². The molecule has 0 aliphatic rings. The van der Waals surface area contributed by atoms with Gasteiger partial charge in [0.15, 0.2) is 5.03 Å². The summed E-state index contributed by atoms with van der Waals surface area (Å²) < 4.78 is 32.2. The van der Waals surface area contributed by atoms with Crippen molar-refractivity contribution in [1.82, 2.24) is 20.2 Å². The fraction of sp³-hybridized carbons (Fsp3) is 0.769. The van der Waals surface area contributed by atoms with Gasteiger partial charge in [-0.15, -0.1) is 0 Å². The second kappa shape index (κ2) is 9.14. The zero-order valence-corrected chi connectivity index (χ0v) is 13.8. The second-order valence-electron chi connectivity index (χ2n) is 5.20. The number of ether oxygens (including phenoxy) is 1. The first-order chi connectivity index (χ1) is 9.97. The van der Waals surface area contributed by atoms with Crippen LogP contribution in [-0.2, 0) is 21.3 Å². The molecule has 1 rings (SSSR count). The summed E-state index contributed by atoms with van der Waals surface area (Å²) in [5.41, 5.74) is 0.630. The van der Waals surface area contributed by atoms with Crippen LogP contribution in [0.1, 0.15) is 32.8 Å². The summed E-state index contributed by atoms with van der Waals surface area (Å²) in [5, 5.41) is 9.54. The molecule has 7 nitrogen and oxygen atoms in total. The van der Waals surface area contributed by atoms with E-state index >= 15 is 0 Å². The Morgan fingerprint density at radius 3 is 2.81 bits per heavy atom. The minimum atomic E-state index is -3.57. The third kappa shape index (κ3) is 6.56. The van der Waals surface area contributed by atoms with Gasteiger partial charge in [0.1, 0.15) is 0 Å². The average molecular weight is 318 g/mol. The van der Waals surface area contributed by atoms with E-state index < -0.39 is 10.0 Å². The molecule has 1 heterocycles. The van der Waals surface area contributed by atoms with Crippen molar-refractivity contribution in [2.75, 3.05) is 26.3 Å². The molecule has 0 unspecified atom stereocenters. The SMILES string of the molecule is CCNCc1cn[nH]c1S(=O)(=O)NCCOCCC(C)C. The van der Waals surface area contributed by atoms with E-state index in [-0.39, 0.29) is 11.6 Å². The maximum absolute atomic E-state index is 12.2. The molecule has 0 radical (unpaired) electrons. The fourth-order valence-corrected chi connectivity index (χ4v) is 2.80. The lowest BCUT2D eigenvalue weighted by molar-refractivity contribution is 0.128. The summed E-state index contributed by atoms with van der Waals surface area (Å²) in [6, 6.07) is 0. The first-order valence-corrected chi connectivity index (χ1v) is 8.76. The van der Waals surface area contributed by atoms with Crippen LogP contribution < -0.4 is 10.0 Å². The van der Waals surface area contributed by atoms with Gasteiger partial charge >= 0.3 is 0 Å². The lowest BCUT2D eigenvalue weighted by Crippen LogP contribution is -2.29. The van der Waals surface area contributed by atoms with E-state index in [0.29, 0.717) is 31.2 Å². The topological polar surface area (TPSA) is 96.1 Å². The number of aromatic nitrogens is 2. The molecule has 3 N–H and O–H groups in total. The molecule has 0 bridgehead atoms. The fourth-order valence-electron chi connectivity index (χ4n) is 1.66. The van der Waals surface area contributed by atoms with Crippen molar-refractivity contribution in [1.29, 1.82) is 0 Å². The van der Waals surface area contributed by atoms with Crippen molar-refractivity contribution in [3.05, 3.63) is 11.8 Å². The van der Waals surface area contributed by atoms with Crippen molar-refractivity contribution in [3.63, 3.8) is 0 Å². The Balaban J connectivity index is 2.41. The number of nitrogens with zero attached hydrogens (tertiary/aromatic N) is 1. The lowest BCUT2D eigenvalue weighted by Gasteiger charge is -2.09. The quantitative estimate of drug-likeness (QED) is 0.526. The average Bonchev–Trinajstić information content (AvgIpc) is 2.89. The highest BCUT2D eigenvalue weighted by Gasteiger charge is 2.19. The van der Waals surface area contributed by atoms with Crippen LogP contribution in [0.15, 0.2) is 11.2 Å². The summed E-state index contributed by atoms with van der Waals surface area (Å²) >= 11 is 0. The Hall–Kier alpha value is -0.960. The van der Waals surface area contributed by atoms with Gasteiger partial charge in [0.2, 0.25) is 0 Å². The number of nitrogens with one attached hydrogen (secondary N) is 3. The molecule has 1 aromatic heterocycles. The van der Waals surface area contributed by atoms with Gasteiger partial charge in [-0.1, -0.05) is 20.8 Å². The van der Waals surface area contributed by atoms with Crippen molar-refractivity contribution >= 4 is 10.0 Å². The molecule has 0 aromatic carbocycles. The number of hydrogen-bond donors (Lipinski definition) is 3. The molecule has 1 aromatic rings. The number of hydrogen-bond acceptors (Lipinski definition) is 5. The molecule has 0 aliphatic heterocycles. The summed E-state index contributed by atoms with van der Waals surface area (Å²) in [5.74, 6) is 0.584. The predicted molar refractivity (Wildman–Crippen MR) is 81.4 cm³/mol. The highest BCUT2D eigenvalue weighted by molar-refractivity contribution is 7.89. The van der Waals surface area contributed by atoms with E-state index in [1.165, 1.54) is 6.20 Å². The Labute approximate surface area is 126 Å². The zero-order chi connectivity index (χ0) is 15.7. The van der Waals surface area contributed by atoms with E-state index in [1.807, 2.05) is 6.92 Å². The summed E-state index contributed by atoms with van der Waals surface area (Å²) in [6.45, 7) is 8.70. The maximum Gasteiger partial charge on any atom is 0.257 e. The van der Waals surface area contributed by atoms with Gasteiger partial charge < -0.3 is 10.1 Å². The van der Waals surface area contributed by atoms with E-state index in [0.717, 1.165) is 13.0 Å². The van der Waals surface area contributed by atoms with E-state index in [2.05, 4.69) is 34.1 Å². The highest BCUT2D eigenvalue weighted by Crippen LogP contribution is 2.11. The molecule has 0 fully saturated rings. The van der Waals surface area contributed by atoms with Gasteiger partial charge in [0.25, 0.3) is 10.0 Å². The minimum absolute atomic E-state index is 0.116. The minimum Gasteiger partial charge on any atom is -0.380 e. The first kappa shape index (κ1) is 18.1. The van der Waals surface area contributed by atoms with Crippen LogP contribution in [0.5, 0.6) is 0 Å². The Kier molecular flexibility index (Phi) is 7.87. The largest absolute Gasteiger partial charge is 0.380 e. The van der Waals surface area contributed by atoms with Crippen LogP contribution >= 0.6 is 0 Å². The summed E-state index contributed by atoms with van der Waals surface area (Å²) in [6.07, 6.45) is 2.50. The number of H-pyrrole nitrogens is 1. The summed E-state index contributed by atoms with van der Waals surface area (Å²) in [7, 11) is -3.57. The number of sulfonamides is 1. The van der Waals surface area contributed by atoms with Crippen molar-refractivity contribution in [2.45, 2.75) is 38.8 Å². The van der Waals surface area contributed by atoms with Crippen LogP contribution in [0.4, 0.5) is 0 Å². The zero-order valence-electron chi connectivity index (χ0n) is 13.0. The molecule has 21 heavy (non-hydrogen) atoms. The van der Waals surface area contributed by atoms with Gasteiger partial charge in [-0.2, -0.15) is 5.10 Å². The maximum atomic E-state index is 12.2. The Morgan fingerprint density at radius 1 is 1.38 bits per heavy atom. The number of rotatable bonds is 11. The molecular weight excluding hydrogens is 292 g/mol. The molecule has 0 saturated carbocycles. The van der Waals surface area contributed by atoms with Crippen LogP contribution in [-0.4, -0.2) is 44.9 Å². The first-order valence-electron chi connectivity index (χ1n) is 7.27. The van der Waals surface area contributed by atoms with Gasteiger partial charge in [-0.05, 0) is 18.9 Å². The molecule has 0 aliphatic carbocycles. The summed E-state index contributed by atoms with van der Waals surface area (Å²) in [4.78, 5) is 0. The molecule has 0 atom stereocenters. The van der Waals surface area contributed by atoms with Crippen molar-refractivity contribution in [2.24, 2.45) is 5.92 Å². The Morgan fingerprint density at radius 2 is 2.14 bits per heavy atom. The van der Waals surface area contributed by atoms with Crippen molar-refractivity contribution < 1.29 is 13.2 Å². The predicted octanol–water partition coefficient (Wildman–Crippen LogP) is 0.860. The third-order valence-electron chi connectivity index (χ3n) is 2.89. The second-order valence-corrected chi connectivity index (χ2v) is 6.90. The normalized spacial score (nSPS) is 12.2. The molecule has 122 valence electrons. The highest BCUT2D eigenvalue weighted by atomic mass is 32.2. The smallest absolute Gasteiger partial charge is 0.257 e. The van der Waals surface area contributed by atoms with Crippen LogP contribution in [0, 0.1) is 5.92 Å². The molecule has 0 saturated heterocycles. The lowest BCUT2D eigenvalue weighted by atomic mass is 10.1. The van der Waals surface area contributed by atoms with Crippen LogP contribution in [0.25, 0.3) is 0 Å². The number of aromatic amines is 1. The third-order valence-corrected chi connectivity index (χ3v) is 4.37. The van der Waals surface area contributed by atoms with Gasteiger partial charge in [0, 0.05) is 25.3 Å². The standard InChI is InChI=1S/C13H26N4O3S/c1-4-14-9-12-10-15-17-13(12)21(18,19)16-6-8-20-7-5-11(2)3/h10-11,14,16H,4-9H2,1-3H3,(H,15,17). The molecule has 0 spiro atoms. The molecule has 0 amide bonds. The monoisotopic (exact) mass is 318 g/mol. The van der Waals surface area contributed by atoms with E-state index in [4.69, 9.17) is 4.74 Å².